The van der Waals surface area contributed by atoms with Crippen LogP contribution in [0.15, 0.2) is 24.3 Å². The SMILES string of the molecule is Cc1ccccc1CNC(=O)CN1CCCC(C)(C#N)C1. The molecule has 1 fully saturated rings. The van der Waals surface area contributed by atoms with Crippen LogP contribution in [0.25, 0.3) is 0 Å². The molecule has 112 valence electrons. The standard InChI is InChI=1S/C17H23N3O/c1-14-6-3-4-7-15(14)10-19-16(21)11-20-9-5-8-17(2,12-18)13-20/h3-4,6-7H,5,8-11,13H2,1-2H3,(H,19,21). The fourth-order valence-electron chi connectivity index (χ4n) is 2.83. The van der Waals surface area contributed by atoms with Crippen molar-refractivity contribution in [1.82, 2.24) is 10.2 Å². The minimum atomic E-state index is -0.311. The molecular formula is C17H23N3O. The first kappa shape index (κ1) is 15.5. The molecule has 21 heavy (non-hydrogen) atoms. The van der Waals surface area contributed by atoms with E-state index in [0.717, 1.165) is 24.9 Å². The zero-order valence-electron chi connectivity index (χ0n) is 12.9. The van der Waals surface area contributed by atoms with Crippen molar-refractivity contribution in [3.8, 4) is 6.07 Å². The number of nitrogens with zero attached hydrogens (tertiary/aromatic N) is 2. The molecule has 1 heterocycles. The van der Waals surface area contributed by atoms with Gasteiger partial charge in [0.15, 0.2) is 0 Å². The largest absolute Gasteiger partial charge is 0.351 e. The van der Waals surface area contributed by atoms with Crippen molar-refractivity contribution in [2.45, 2.75) is 33.2 Å². The number of carbonyl (C=O) groups excluding carboxylic acids is 1. The van der Waals surface area contributed by atoms with Crippen molar-refractivity contribution < 1.29 is 4.79 Å². The lowest BCUT2D eigenvalue weighted by atomic mass is 9.83. The van der Waals surface area contributed by atoms with E-state index in [1.165, 1.54) is 5.56 Å². The first-order valence-corrected chi connectivity index (χ1v) is 7.47. The van der Waals surface area contributed by atoms with Crippen molar-refractivity contribution in [2.24, 2.45) is 5.41 Å². The predicted octanol–water partition coefficient (Wildman–Crippen LogP) is 2.24. The summed E-state index contributed by atoms with van der Waals surface area (Å²) in [4.78, 5) is 14.1. The number of nitrogens with one attached hydrogen (secondary N) is 1. The molecule has 0 spiro atoms. The predicted molar refractivity (Wildman–Crippen MR) is 82.4 cm³/mol. The number of likely N-dealkylation sites (tertiary alicyclic amines) is 1. The number of piperidine rings is 1. The average molecular weight is 285 g/mol. The Morgan fingerprint density at radius 3 is 2.95 bits per heavy atom. The van der Waals surface area contributed by atoms with Gasteiger partial charge in [0.1, 0.15) is 0 Å². The lowest BCUT2D eigenvalue weighted by molar-refractivity contribution is -0.123. The van der Waals surface area contributed by atoms with Gasteiger partial charge in [-0.25, -0.2) is 0 Å². The monoisotopic (exact) mass is 285 g/mol. The zero-order valence-corrected chi connectivity index (χ0v) is 12.9. The Morgan fingerprint density at radius 2 is 2.24 bits per heavy atom. The summed E-state index contributed by atoms with van der Waals surface area (Å²) in [5.74, 6) is 0.0282. The molecule has 0 saturated carbocycles. The van der Waals surface area contributed by atoms with Crippen LogP contribution in [0.4, 0.5) is 0 Å². The van der Waals surface area contributed by atoms with Crippen molar-refractivity contribution in [3.05, 3.63) is 35.4 Å². The third-order valence-corrected chi connectivity index (χ3v) is 4.15. The Morgan fingerprint density at radius 1 is 1.48 bits per heavy atom. The van der Waals surface area contributed by atoms with E-state index < -0.39 is 0 Å². The van der Waals surface area contributed by atoms with Crippen LogP contribution in [-0.2, 0) is 11.3 Å². The highest BCUT2D eigenvalue weighted by Gasteiger charge is 2.31. The van der Waals surface area contributed by atoms with Crippen LogP contribution in [0.2, 0.25) is 0 Å². The lowest BCUT2D eigenvalue weighted by Crippen LogP contribution is -2.45. The molecule has 1 aromatic carbocycles. The Balaban J connectivity index is 1.82. The molecule has 2 rings (SSSR count). The molecule has 1 amide bonds. The zero-order chi connectivity index (χ0) is 15.3. The molecule has 1 aliphatic heterocycles. The van der Waals surface area contributed by atoms with Gasteiger partial charge in [-0.3, -0.25) is 9.69 Å². The van der Waals surface area contributed by atoms with Gasteiger partial charge < -0.3 is 5.32 Å². The highest BCUT2D eigenvalue weighted by atomic mass is 16.2. The summed E-state index contributed by atoms with van der Waals surface area (Å²) < 4.78 is 0. The normalized spacial score (nSPS) is 22.5. The van der Waals surface area contributed by atoms with E-state index in [1.807, 2.05) is 38.1 Å². The lowest BCUT2D eigenvalue weighted by Gasteiger charge is -2.35. The van der Waals surface area contributed by atoms with Gasteiger partial charge in [0.2, 0.25) is 5.91 Å². The molecule has 4 nitrogen and oxygen atoms in total. The number of amides is 1. The van der Waals surface area contributed by atoms with Gasteiger partial charge in [-0.05, 0) is 44.4 Å². The summed E-state index contributed by atoms with van der Waals surface area (Å²) in [6.45, 7) is 6.54. The number of hydrogen-bond donors (Lipinski definition) is 1. The quantitative estimate of drug-likeness (QED) is 0.923. The fraction of sp³-hybridized carbons (Fsp3) is 0.529. The highest BCUT2D eigenvalue weighted by molar-refractivity contribution is 5.78. The van der Waals surface area contributed by atoms with Gasteiger partial charge in [0, 0.05) is 13.1 Å². The highest BCUT2D eigenvalue weighted by Crippen LogP contribution is 2.28. The third kappa shape index (κ3) is 4.30. The molecule has 1 atom stereocenters. The molecule has 0 bridgehead atoms. The molecule has 4 heteroatoms. The van der Waals surface area contributed by atoms with Crippen LogP contribution >= 0.6 is 0 Å². The average Bonchev–Trinajstić information content (AvgIpc) is 2.46. The molecule has 0 aromatic heterocycles. The summed E-state index contributed by atoms with van der Waals surface area (Å²) in [5, 5.41) is 12.2. The smallest absolute Gasteiger partial charge is 0.234 e. The van der Waals surface area contributed by atoms with Crippen molar-refractivity contribution in [2.75, 3.05) is 19.6 Å². The van der Waals surface area contributed by atoms with Gasteiger partial charge in [-0.2, -0.15) is 5.26 Å². The van der Waals surface area contributed by atoms with E-state index in [1.54, 1.807) is 0 Å². The third-order valence-electron chi connectivity index (χ3n) is 4.15. The topological polar surface area (TPSA) is 56.1 Å². The minimum absolute atomic E-state index is 0.0282. The van der Waals surface area contributed by atoms with Gasteiger partial charge >= 0.3 is 0 Å². The first-order chi connectivity index (χ1) is 10.0. The number of carbonyl (C=O) groups is 1. The number of aryl methyl sites for hydroxylation is 1. The number of rotatable bonds is 4. The van der Waals surface area contributed by atoms with E-state index in [-0.39, 0.29) is 11.3 Å². The van der Waals surface area contributed by atoms with Gasteiger partial charge in [0.25, 0.3) is 0 Å². The fourth-order valence-corrected chi connectivity index (χ4v) is 2.83. The maximum Gasteiger partial charge on any atom is 0.234 e. The summed E-state index contributed by atoms with van der Waals surface area (Å²) >= 11 is 0. The summed E-state index contributed by atoms with van der Waals surface area (Å²) in [5.41, 5.74) is 2.02. The maximum atomic E-state index is 12.1. The molecule has 1 unspecified atom stereocenters. The second-order valence-electron chi connectivity index (χ2n) is 6.19. The van der Waals surface area contributed by atoms with Crippen molar-refractivity contribution in [1.29, 1.82) is 5.26 Å². The Labute approximate surface area is 126 Å². The van der Waals surface area contributed by atoms with Crippen molar-refractivity contribution in [3.63, 3.8) is 0 Å². The molecule has 1 N–H and O–H groups in total. The van der Waals surface area contributed by atoms with E-state index in [0.29, 0.717) is 19.6 Å². The minimum Gasteiger partial charge on any atom is -0.351 e. The summed E-state index contributed by atoms with van der Waals surface area (Å²) in [6, 6.07) is 10.4. The number of benzene rings is 1. The number of hydrogen-bond acceptors (Lipinski definition) is 3. The van der Waals surface area contributed by atoms with Crippen LogP contribution in [0.3, 0.4) is 0 Å². The van der Waals surface area contributed by atoms with E-state index in [2.05, 4.69) is 16.3 Å². The second kappa shape index (κ2) is 6.73. The maximum absolute atomic E-state index is 12.1. The molecule has 0 aliphatic carbocycles. The van der Waals surface area contributed by atoms with Crippen molar-refractivity contribution >= 4 is 5.91 Å². The van der Waals surface area contributed by atoms with Crippen LogP contribution < -0.4 is 5.32 Å². The molecule has 1 aliphatic rings. The van der Waals surface area contributed by atoms with Crippen LogP contribution in [0.5, 0.6) is 0 Å². The second-order valence-corrected chi connectivity index (χ2v) is 6.19. The van der Waals surface area contributed by atoms with Crippen LogP contribution in [-0.4, -0.2) is 30.4 Å². The van der Waals surface area contributed by atoms with Gasteiger partial charge in [0.05, 0.1) is 18.0 Å². The molecule has 1 aromatic rings. The Bertz CT molecular complexity index is 549. The molecular weight excluding hydrogens is 262 g/mol. The van der Waals surface area contributed by atoms with Crippen LogP contribution in [0.1, 0.15) is 30.9 Å². The molecule has 0 radical (unpaired) electrons. The van der Waals surface area contributed by atoms with Gasteiger partial charge in [-0.1, -0.05) is 24.3 Å². The van der Waals surface area contributed by atoms with E-state index >= 15 is 0 Å². The Hall–Kier alpha value is -1.86. The Kier molecular flexibility index (Phi) is 4.98. The van der Waals surface area contributed by atoms with E-state index in [4.69, 9.17) is 0 Å². The van der Waals surface area contributed by atoms with Gasteiger partial charge in [-0.15, -0.1) is 0 Å². The molecule has 1 saturated heterocycles. The summed E-state index contributed by atoms with van der Waals surface area (Å²) in [6.07, 6.45) is 1.90. The summed E-state index contributed by atoms with van der Waals surface area (Å²) in [7, 11) is 0. The van der Waals surface area contributed by atoms with E-state index in [9.17, 15) is 10.1 Å². The number of nitriles is 1. The first-order valence-electron chi connectivity index (χ1n) is 7.47. The van der Waals surface area contributed by atoms with Crippen LogP contribution in [0, 0.1) is 23.7 Å².